The van der Waals surface area contributed by atoms with Gasteiger partial charge in [0.1, 0.15) is 0 Å². The zero-order valence-electron chi connectivity index (χ0n) is 11.6. The van der Waals surface area contributed by atoms with Gasteiger partial charge in [-0.1, -0.05) is 23.7 Å². The molecule has 2 aromatic carbocycles. The summed E-state index contributed by atoms with van der Waals surface area (Å²) in [7, 11) is 0. The average Bonchev–Trinajstić information content (AvgIpc) is 2.54. The molecule has 0 fully saturated rings. The molecule has 0 aliphatic carbocycles. The van der Waals surface area contributed by atoms with E-state index in [9.17, 15) is 23.1 Å². The van der Waals surface area contributed by atoms with Crippen LogP contribution in [0.4, 0.5) is 23.7 Å². The molecule has 0 bridgehead atoms. The lowest BCUT2D eigenvalue weighted by Crippen LogP contribution is -2.32. The van der Waals surface area contributed by atoms with Crippen molar-refractivity contribution < 1.29 is 23.1 Å². The topological polar surface area (TPSA) is 61.4 Å². The van der Waals surface area contributed by atoms with E-state index >= 15 is 0 Å². The number of hydrogen-bond donors (Lipinski definition) is 3. The van der Waals surface area contributed by atoms with Gasteiger partial charge in [-0.3, -0.25) is 0 Å². The Morgan fingerprint density at radius 2 is 1.74 bits per heavy atom. The third kappa shape index (κ3) is 4.37. The second-order valence-electron chi connectivity index (χ2n) is 4.63. The highest BCUT2D eigenvalue weighted by Gasteiger charge is 2.16. The van der Waals surface area contributed by atoms with Crippen LogP contribution in [-0.2, 0) is 0 Å². The van der Waals surface area contributed by atoms with Gasteiger partial charge in [0.05, 0.1) is 11.8 Å². The first-order valence-electron chi connectivity index (χ1n) is 6.50. The number of hydrogen-bond acceptors (Lipinski definition) is 2. The number of halogens is 4. The zero-order chi connectivity index (χ0) is 17.0. The second-order valence-corrected chi connectivity index (χ2v) is 5.06. The number of amides is 2. The number of aliphatic hydroxyl groups is 1. The Morgan fingerprint density at radius 3 is 2.39 bits per heavy atom. The van der Waals surface area contributed by atoms with E-state index in [2.05, 4.69) is 5.32 Å². The van der Waals surface area contributed by atoms with Crippen LogP contribution in [0, 0.1) is 17.5 Å². The summed E-state index contributed by atoms with van der Waals surface area (Å²) in [6.07, 6.45) is -1.01. The molecule has 23 heavy (non-hydrogen) atoms. The molecule has 0 aliphatic rings. The quantitative estimate of drug-likeness (QED) is 0.742. The molecule has 0 aliphatic heterocycles. The van der Waals surface area contributed by atoms with E-state index in [0.717, 1.165) is 6.07 Å². The molecule has 1 unspecified atom stereocenters. The summed E-state index contributed by atoms with van der Waals surface area (Å²) in [5, 5.41) is 14.7. The summed E-state index contributed by atoms with van der Waals surface area (Å²) in [5.41, 5.74) is 0.0103. The lowest BCUT2D eigenvalue weighted by atomic mass is 10.1. The minimum atomic E-state index is -1.68. The number of nitrogens with one attached hydrogen (secondary N) is 2. The molecule has 0 radical (unpaired) electrons. The maximum atomic E-state index is 13.4. The molecule has 8 heteroatoms. The fourth-order valence-corrected chi connectivity index (χ4v) is 1.91. The standard InChI is InChI=1S/C15H12ClF3N2O2/c16-9-3-1-8(2-4-9)12(22)7-20-15(23)21-11-6-5-10(17)13(18)14(11)19/h1-6,12,22H,7H2,(H2,20,21,23). The van der Waals surface area contributed by atoms with Crippen molar-refractivity contribution in [2.45, 2.75) is 6.10 Å². The van der Waals surface area contributed by atoms with E-state index in [1.807, 2.05) is 5.32 Å². The number of aliphatic hydroxyl groups excluding tert-OH is 1. The molecule has 0 saturated heterocycles. The number of benzene rings is 2. The first kappa shape index (κ1) is 17.1. The van der Waals surface area contributed by atoms with E-state index < -0.39 is 35.3 Å². The van der Waals surface area contributed by atoms with E-state index in [1.165, 1.54) is 0 Å². The number of rotatable bonds is 4. The second kappa shape index (κ2) is 7.34. The van der Waals surface area contributed by atoms with Crippen molar-refractivity contribution in [2.75, 3.05) is 11.9 Å². The molecular formula is C15H12ClF3N2O2. The van der Waals surface area contributed by atoms with E-state index in [-0.39, 0.29) is 6.54 Å². The Labute approximate surface area is 134 Å². The van der Waals surface area contributed by atoms with E-state index in [0.29, 0.717) is 16.7 Å². The largest absolute Gasteiger partial charge is 0.387 e. The van der Waals surface area contributed by atoms with Crippen molar-refractivity contribution in [3.05, 3.63) is 64.4 Å². The Bertz CT molecular complexity index is 711. The molecule has 122 valence electrons. The van der Waals surface area contributed by atoms with Gasteiger partial charge in [0.2, 0.25) is 0 Å². The predicted molar refractivity (Wildman–Crippen MR) is 79.7 cm³/mol. The Balaban J connectivity index is 1.93. The molecule has 3 N–H and O–H groups in total. The van der Waals surface area contributed by atoms with Crippen molar-refractivity contribution in [1.82, 2.24) is 5.32 Å². The first-order valence-corrected chi connectivity index (χ1v) is 6.88. The molecule has 1 atom stereocenters. The molecule has 0 spiro atoms. The molecule has 2 amide bonds. The van der Waals surface area contributed by atoms with Gasteiger partial charge < -0.3 is 15.7 Å². The Hall–Kier alpha value is -2.25. The van der Waals surface area contributed by atoms with Crippen LogP contribution in [0.15, 0.2) is 36.4 Å². The minimum Gasteiger partial charge on any atom is -0.387 e. The van der Waals surface area contributed by atoms with Crippen molar-refractivity contribution in [1.29, 1.82) is 0 Å². The summed E-state index contributed by atoms with van der Waals surface area (Å²) in [6.45, 7) is -0.168. The van der Waals surface area contributed by atoms with Crippen LogP contribution in [0.3, 0.4) is 0 Å². The Morgan fingerprint density at radius 1 is 1.09 bits per heavy atom. The highest BCUT2D eigenvalue weighted by Crippen LogP contribution is 2.19. The fraction of sp³-hybridized carbons (Fsp3) is 0.133. The van der Waals surface area contributed by atoms with Gasteiger partial charge in [0, 0.05) is 11.6 Å². The summed E-state index contributed by atoms with van der Waals surface area (Å²) in [4.78, 5) is 11.6. The maximum Gasteiger partial charge on any atom is 0.319 e. The maximum absolute atomic E-state index is 13.4. The fourth-order valence-electron chi connectivity index (χ4n) is 1.78. The monoisotopic (exact) mass is 344 g/mol. The van der Waals surface area contributed by atoms with Crippen LogP contribution in [-0.4, -0.2) is 17.7 Å². The minimum absolute atomic E-state index is 0.168. The SMILES string of the molecule is O=C(NCC(O)c1ccc(Cl)cc1)Nc1ccc(F)c(F)c1F. The van der Waals surface area contributed by atoms with E-state index in [1.54, 1.807) is 24.3 Å². The van der Waals surface area contributed by atoms with Crippen molar-refractivity contribution >= 4 is 23.3 Å². The van der Waals surface area contributed by atoms with E-state index in [4.69, 9.17) is 11.6 Å². The van der Waals surface area contributed by atoms with Crippen molar-refractivity contribution in [2.24, 2.45) is 0 Å². The molecule has 0 heterocycles. The van der Waals surface area contributed by atoms with Gasteiger partial charge in [-0.2, -0.15) is 0 Å². The highest BCUT2D eigenvalue weighted by molar-refractivity contribution is 6.30. The zero-order valence-corrected chi connectivity index (χ0v) is 12.4. The molecule has 4 nitrogen and oxygen atoms in total. The van der Waals surface area contributed by atoms with Gasteiger partial charge in [0.25, 0.3) is 0 Å². The molecule has 0 saturated carbocycles. The lowest BCUT2D eigenvalue weighted by Gasteiger charge is -2.13. The number of anilines is 1. The molecular weight excluding hydrogens is 333 g/mol. The summed E-state index contributed by atoms with van der Waals surface area (Å²) < 4.78 is 39.2. The third-order valence-electron chi connectivity index (χ3n) is 2.99. The molecule has 2 aromatic rings. The average molecular weight is 345 g/mol. The lowest BCUT2D eigenvalue weighted by molar-refractivity contribution is 0.175. The van der Waals surface area contributed by atoms with Crippen molar-refractivity contribution in [3.63, 3.8) is 0 Å². The predicted octanol–water partition coefficient (Wildman–Crippen LogP) is 3.61. The summed E-state index contributed by atoms with van der Waals surface area (Å²) in [5.74, 6) is -4.53. The van der Waals surface area contributed by atoms with Crippen LogP contribution < -0.4 is 10.6 Å². The van der Waals surface area contributed by atoms with Crippen molar-refractivity contribution in [3.8, 4) is 0 Å². The van der Waals surface area contributed by atoms with Crippen LogP contribution in [0.1, 0.15) is 11.7 Å². The highest BCUT2D eigenvalue weighted by atomic mass is 35.5. The molecule has 2 rings (SSSR count). The first-order chi connectivity index (χ1) is 10.9. The third-order valence-corrected chi connectivity index (χ3v) is 3.25. The van der Waals surface area contributed by atoms with Gasteiger partial charge in [-0.05, 0) is 29.8 Å². The normalized spacial score (nSPS) is 11.9. The molecule has 0 aromatic heterocycles. The summed E-state index contributed by atoms with van der Waals surface area (Å²) >= 11 is 5.72. The Kier molecular flexibility index (Phi) is 5.46. The van der Waals surface area contributed by atoms with Crippen LogP contribution in [0.5, 0.6) is 0 Å². The number of urea groups is 1. The smallest absolute Gasteiger partial charge is 0.319 e. The number of carbonyl (C=O) groups is 1. The number of carbonyl (C=O) groups excluding carboxylic acids is 1. The van der Waals surface area contributed by atoms with Gasteiger partial charge in [-0.15, -0.1) is 0 Å². The van der Waals surface area contributed by atoms with Gasteiger partial charge in [0.15, 0.2) is 17.5 Å². The van der Waals surface area contributed by atoms with Gasteiger partial charge >= 0.3 is 6.03 Å². The van der Waals surface area contributed by atoms with Crippen LogP contribution in [0.25, 0.3) is 0 Å². The van der Waals surface area contributed by atoms with Crippen LogP contribution in [0.2, 0.25) is 5.02 Å². The van der Waals surface area contributed by atoms with Crippen LogP contribution >= 0.6 is 11.6 Å². The van der Waals surface area contributed by atoms with Gasteiger partial charge in [-0.25, -0.2) is 18.0 Å². The summed E-state index contributed by atoms with van der Waals surface area (Å²) in [6, 6.07) is 7.04.